The van der Waals surface area contributed by atoms with Crippen LogP contribution >= 0.6 is 11.8 Å². The van der Waals surface area contributed by atoms with E-state index in [-0.39, 0.29) is 12.3 Å². The third kappa shape index (κ3) is 5.29. The van der Waals surface area contributed by atoms with Gasteiger partial charge in [0.1, 0.15) is 5.75 Å². The molecule has 0 saturated carbocycles. The van der Waals surface area contributed by atoms with Crippen molar-refractivity contribution in [2.45, 2.75) is 31.2 Å². The van der Waals surface area contributed by atoms with Gasteiger partial charge < -0.3 is 19.7 Å². The molecule has 1 heterocycles. The van der Waals surface area contributed by atoms with Gasteiger partial charge in [-0.25, -0.2) is 0 Å². The van der Waals surface area contributed by atoms with Gasteiger partial charge in [-0.3, -0.25) is 4.79 Å². The summed E-state index contributed by atoms with van der Waals surface area (Å²) in [5.41, 5.74) is 2.65. The van der Waals surface area contributed by atoms with Crippen LogP contribution in [0.4, 0.5) is 5.69 Å². The highest BCUT2D eigenvalue weighted by Crippen LogP contribution is 2.24. The Hall–Kier alpha value is -3.00. The normalized spacial score (nSPS) is 10.9. The molecular formula is C21H23N3O4S. The Morgan fingerprint density at radius 3 is 2.52 bits per heavy atom. The maximum absolute atomic E-state index is 12.2. The summed E-state index contributed by atoms with van der Waals surface area (Å²) in [4.78, 5) is 12.2. The van der Waals surface area contributed by atoms with Crippen LogP contribution in [0.15, 0.2) is 58.1 Å². The zero-order valence-corrected chi connectivity index (χ0v) is 17.4. The van der Waals surface area contributed by atoms with Gasteiger partial charge in [-0.2, -0.15) is 0 Å². The molecule has 0 aliphatic heterocycles. The van der Waals surface area contributed by atoms with Crippen molar-refractivity contribution in [3.63, 3.8) is 0 Å². The quantitative estimate of drug-likeness (QED) is 0.450. The number of thioether (sulfide) groups is 1. The molecule has 0 fully saturated rings. The molecule has 2 aromatic carbocycles. The van der Waals surface area contributed by atoms with Crippen LogP contribution < -0.4 is 19.8 Å². The molecule has 0 radical (unpaired) electrons. The summed E-state index contributed by atoms with van der Waals surface area (Å²) >= 11 is 1.23. The molecule has 0 aliphatic rings. The molecule has 7 nitrogen and oxygen atoms in total. The van der Waals surface area contributed by atoms with Crippen molar-refractivity contribution in [1.29, 1.82) is 0 Å². The van der Waals surface area contributed by atoms with Crippen LogP contribution in [0.3, 0.4) is 0 Å². The van der Waals surface area contributed by atoms with Gasteiger partial charge in [0.15, 0.2) is 5.95 Å². The predicted octanol–water partition coefficient (Wildman–Crippen LogP) is 3.28. The number of ether oxygens (including phenoxy) is 1. The molecule has 0 atom stereocenters. The Morgan fingerprint density at radius 1 is 1.21 bits per heavy atom. The first-order valence-corrected chi connectivity index (χ1v) is 10.2. The Labute approximate surface area is 173 Å². The molecule has 3 aromatic rings. The average Bonchev–Trinajstić information content (AvgIpc) is 3.09. The molecule has 1 aromatic heterocycles. The van der Waals surface area contributed by atoms with Crippen LogP contribution in [0, 0.1) is 0 Å². The van der Waals surface area contributed by atoms with Crippen molar-refractivity contribution in [3.8, 4) is 17.4 Å². The van der Waals surface area contributed by atoms with E-state index in [1.807, 2.05) is 24.3 Å². The lowest BCUT2D eigenvalue weighted by Crippen LogP contribution is -2.34. The number of amides is 1. The maximum atomic E-state index is 12.2. The standard InChI is InChI=1S/C21H23N3O4S/c1-14(2)15-4-6-16(7-5-15)22-19(25)12-13-29-20-21(26)28-23-24(20)17-8-10-18(27-3)11-9-17/h4-11,14H,12-13H2,1-3H3,(H-,22,23,25,26). The second kappa shape index (κ2) is 9.47. The van der Waals surface area contributed by atoms with E-state index < -0.39 is 5.95 Å². The number of methoxy groups -OCH3 is 1. The molecule has 29 heavy (non-hydrogen) atoms. The number of rotatable bonds is 8. The largest absolute Gasteiger partial charge is 0.538 e. The molecule has 0 spiro atoms. The fourth-order valence-corrected chi connectivity index (χ4v) is 3.56. The highest BCUT2D eigenvalue weighted by atomic mass is 32.2. The van der Waals surface area contributed by atoms with Crippen molar-refractivity contribution in [3.05, 3.63) is 54.1 Å². The highest BCUT2D eigenvalue weighted by Gasteiger charge is 2.21. The fourth-order valence-electron chi connectivity index (χ4n) is 2.66. The Morgan fingerprint density at radius 2 is 1.90 bits per heavy atom. The minimum Gasteiger partial charge on any atom is -0.538 e. The first-order chi connectivity index (χ1) is 14.0. The summed E-state index contributed by atoms with van der Waals surface area (Å²) in [6, 6.07) is 14.9. The lowest BCUT2D eigenvalue weighted by atomic mass is 10.0. The van der Waals surface area contributed by atoms with Crippen molar-refractivity contribution in [2.24, 2.45) is 0 Å². The SMILES string of the molecule is COc1ccc(-[n+]2noc([O-])c2SCCC(=O)Nc2ccc(C(C)C)cc2)cc1. The Bertz CT molecular complexity index is 953. The number of nitrogens with one attached hydrogen (secondary N) is 1. The molecule has 152 valence electrons. The van der Waals surface area contributed by atoms with Crippen molar-refractivity contribution in [2.75, 3.05) is 18.2 Å². The van der Waals surface area contributed by atoms with Gasteiger partial charge in [-0.05, 0) is 40.4 Å². The van der Waals surface area contributed by atoms with E-state index in [9.17, 15) is 9.90 Å². The summed E-state index contributed by atoms with van der Waals surface area (Å²) in [5, 5.41) is 19.0. The van der Waals surface area contributed by atoms with E-state index in [1.165, 1.54) is 22.0 Å². The van der Waals surface area contributed by atoms with Gasteiger partial charge >= 0.3 is 0 Å². The van der Waals surface area contributed by atoms with Gasteiger partial charge in [-0.1, -0.05) is 37.7 Å². The number of hydrogen-bond donors (Lipinski definition) is 1. The number of nitrogens with zero attached hydrogens (tertiary/aromatic N) is 2. The van der Waals surface area contributed by atoms with Gasteiger partial charge in [-0.15, -0.1) is 0 Å². The summed E-state index contributed by atoms with van der Waals surface area (Å²) in [6.07, 6.45) is 0.254. The minimum absolute atomic E-state index is 0.116. The third-order valence-corrected chi connectivity index (χ3v) is 5.34. The highest BCUT2D eigenvalue weighted by molar-refractivity contribution is 7.99. The van der Waals surface area contributed by atoms with Crippen LogP contribution in [0.5, 0.6) is 11.7 Å². The van der Waals surface area contributed by atoms with Gasteiger partial charge in [0.25, 0.3) is 5.03 Å². The lowest BCUT2D eigenvalue weighted by molar-refractivity contribution is -0.705. The van der Waals surface area contributed by atoms with E-state index >= 15 is 0 Å². The molecule has 8 heteroatoms. The first-order valence-electron chi connectivity index (χ1n) is 9.24. The summed E-state index contributed by atoms with van der Waals surface area (Å²) in [6.45, 7) is 4.25. The van der Waals surface area contributed by atoms with Crippen molar-refractivity contribution < 1.29 is 23.8 Å². The second-order valence-electron chi connectivity index (χ2n) is 6.70. The number of hydrogen-bond acceptors (Lipinski definition) is 6. The summed E-state index contributed by atoms with van der Waals surface area (Å²) < 4.78 is 11.4. The number of benzene rings is 2. The molecule has 0 bridgehead atoms. The molecule has 1 amide bonds. The van der Waals surface area contributed by atoms with E-state index in [1.54, 1.807) is 31.4 Å². The molecular weight excluding hydrogens is 390 g/mol. The van der Waals surface area contributed by atoms with Crippen LogP contribution in [-0.2, 0) is 4.79 Å². The minimum atomic E-state index is -0.532. The number of carbonyl (C=O) groups excluding carboxylic acids is 1. The van der Waals surface area contributed by atoms with Crippen LogP contribution in [0.1, 0.15) is 31.7 Å². The van der Waals surface area contributed by atoms with E-state index in [0.717, 1.165) is 5.69 Å². The van der Waals surface area contributed by atoms with E-state index in [4.69, 9.17) is 9.26 Å². The second-order valence-corrected chi connectivity index (χ2v) is 7.78. The Balaban J connectivity index is 1.57. The maximum Gasteiger partial charge on any atom is 0.297 e. The Kier molecular flexibility index (Phi) is 6.77. The van der Waals surface area contributed by atoms with Gasteiger partial charge in [0, 0.05) is 30.0 Å². The number of aromatic nitrogens is 2. The molecule has 3 rings (SSSR count). The lowest BCUT2D eigenvalue weighted by Gasteiger charge is -2.08. The van der Waals surface area contributed by atoms with Crippen molar-refractivity contribution in [1.82, 2.24) is 5.27 Å². The number of carbonyl (C=O) groups is 1. The zero-order valence-electron chi connectivity index (χ0n) is 16.5. The third-order valence-electron chi connectivity index (χ3n) is 4.32. The predicted molar refractivity (Wildman–Crippen MR) is 109 cm³/mol. The molecule has 0 aliphatic carbocycles. The number of anilines is 1. The average molecular weight is 413 g/mol. The van der Waals surface area contributed by atoms with Gasteiger partial charge in [0.05, 0.1) is 12.4 Å². The van der Waals surface area contributed by atoms with Crippen molar-refractivity contribution >= 4 is 23.4 Å². The molecule has 1 N–H and O–H groups in total. The van der Waals surface area contributed by atoms with E-state index in [2.05, 4.69) is 24.4 Å². The fraction of sp³-hybridized carbons (Fsp3) is 0.286. The smallest absolute Gasteiger partial charge is 0.297 e. The topological polar surface area (TPSA) is 91.3 Å². The first kappa shape index (κ1) is 20.7. The summed E-state index contributed by atoms with van der Waals surface area (Å²) in [7, 11) is 1.58. The van der Waals surface area contributed by atoms with Gasteiger partial charge in [0.2, 0.25) is 11.6 Å². The van der Waals surface area contributed by atoms with Crippen LogP contribution in [-0.4, -0.2) is 24.0 Å². The van der Waals surface area contributed by atoms with E-state index in [0.29, 0.717) is 28.1 Å². The molecule has 0 unspecified atom stereocenters. The van der Waals surface area contributed by atoms with Crippen LogP contribution in [0.25, 0.3) is 5.69 Å². The van der Waals surface area contributed by atoms with Crippen LogP contribution in [0.2, 0.25) is 0 Å². The molecule has 0 saturated heterocycles. The monoisotopic (exact) mass is 413 g/mol. The summed E-state index contributed by atoms with van der Waals surface area (Å²) in [5.74, 6) is 0.916. The zero-order chi connectivity index (χ0) is 20.8.